The van der Waals surface area contributed by atoms with Crippen LogP contribution in [0.3, 0.4) is 0 Å². The zero-order valence-corrected chi connectivity index (χ0v) is 18.8. The predicted molar refractivity (Wildman–Crippen MR) is 119 cm³/mol. The molecule has 0 aliphatic rings. The molecule has 0 aromatic heterocycles. The van der Waals surface area contributed by atoms with Crippen molar-refractivity contribution in [1.29, 1.82) is 5.41 Å². The smallest absolute Gasteiger partial charge is 0.0983 e. The average Bonchev–Trinajstić information content (AvgIpc) is 2.63. The quantitative estimate of drug-likeness (QED) is 0.139. The van der Waals surface area contributed by atoms with E-state index in [1.807, 2.05) is 0 Å². The summed E-state index contributed by atoms with van der Waals surface area (Å²) in [6, 6.07) is 0. The van der Waals surface area contributed by atoms with Crippen LogP contribution in [0.2, 0.25) is 0 Å². The number of unbranched alkanes of at least 4 members (excludes halogenated alkanes) is 14. The number of hydrogen-bond donors (Lipinski definition) is 1. The zero-order valence-electron chi connectivity index (χ0n) is 18.8. The minimum atomic E-state index is 0.359. The van der Waals surface area contributed by atoms with Crippen LogP contribution < -0.4 is 0 Å². The van der Waals surface area contributed by atoms with E-state index < -0.39 is 0 Å². The third kappa shape index (κ3) is 15.7. The lowest BCUT2D eigenvalue weighted by atomic mass is 10.1. The van der Waals surface area contributed by atoms with Crippen LogP contribution in [0.1, 0.15) is 130 Å². The number of nitrogens with one attached hydrogen (secondary N) is 1. The Morgan fingerprint density at radius 2 is 0.885 bits per heavy atom. The Hall–Kier alpha value is -0.530. The van der Waals surface area contributed by atoms with E-state index in [-0.39, 0.29) is 0 Å². The predicted octanol–water partition coefficient (Wildman–Crippen LogP) is 8.20. The molecule has 0 bridgehead atoms. The summed E-state index contributed by atoms with van der Waals surface area (Å²) in [6.07, 6.45) is 21.9. The Labute approximate surface area is 166 Å². The molecule has 2 heteroatoms. The number of amidine groups is 1. The second-order valence-electron chi connectivity index (χ2n) is 8.48. The molecule has 156 valence electrons. The molecule has 26 heavy (non-hydrogen) atoms. The van der Waals surface area contributed by atoms with Gasteiger partial charge in [-0.1, -0.05) is 118 Å². The first-order valence-corrected chi connectivity index (χ1v) is 12.0. The SMILES string of the molecule is CCCCCCCCCCCCN(CCCCCCCC)C(=N)C(C)C. The number of rotatable bonds is 19. The maximum atomic E-state index is 8.40. The first-order chi connectivity index (χ1) is 12.6. The normalized spacial score (nSPS) is 11.3. The molecule has 0 atom stereocenters. The van der Waals surface area contributed by atoms with Crippen LogP contribution in [0, 0.1) is 11.3 Å². The summed E-state index contributed by atoms with van der Waals surface area (Å²) in [6.45, 7) is 11.1. The average molecular weight is 367 g/mol. The molecule has 0 saturated heterocycles. The van der Waals surface area contributed by atoms with Gasteiger partial charge in [-0.25, -0.2) is 0 Å². The topological polar surface area (TPSA) is 27.1 Å². The second kappa shape index (κ2) is 19.2. The van der Waals surface area contributed by atoms with Gasteiger partial charge < -0.3 is 4.90 Å². The highest BCUT2D eigenvalue weighted by Gasteiger charge is 2.12. The summed E-state index contributed by atoms with van der Waals surface area (Å²) in [5.74, 6) is 1.22. The van der Waals surface area contributed by atoms with Crippen molar-refractivity contribution in [3.8, 4) is 0 Å². The maximum absolute atomic E-state index is 8.40. The van der Waals surface area contributed by atoms with Gasteiger partial charge in [0.1, 0.15) is 0 Å². The van der Waals surface area contributed by atoms with Crippen LogP contribution in [-0.4, -0.2) is 23.8 Å². The van der Waals surface area contributed by atoms with E-state index in [0.29, 0.717) is 5.92 Å². The van der Waals surface area contributed by atoms with Crippen molar-refractivity contribution in [2.24, 2.45) is 5.92 Å². The molecular formula is C24H50N2. The van der Waals surface area contributed by atoms with Crippen molar-refractivity contribution in [3.05, 3.63) is 0 Å². The third-order valence-corrected chi connectivity index (χ3v) is 5.45. The molecule has 0 spiro atoms. The molecule has 0 aromatic carbocycles. The Morgan fingerprint density at radius 1 is 0.577 bits per heavy atom. The van der Waals surface area contributed by atoms with E-state index in [0.717, 1.165) is 18.9 Å². The van der Waals surface area contributed by atoms with Crippen LogP contribution >= 0.6 is 0 Å². The molecule has 2 nitrogen and oxygen atoms in total. The largest absolute Gasteiger partial charge is 0.360 e. The monoisotopic (exact) mass is 366 g/mol. The van der Waals surface area contributed by atoms with Crippen molar-refractivity contribution in [3.63, 3.8) is 0 Å². The summed E-state index contributed by atoms with van der Waals surface area (Å²) in [7, 11) is 0. The molecule has 0 rings (SSSR count). The van der Waals surface area contributed by atoms with Crippen LogP contribution in [0.4, 0.5) is 0 Å². The Morgan fingerprint density at radius 3 is 1.19 bits per heavy atom. The molecule has 0 fully saturated rings. The van der Waals surface area contributed by atoms with Gasteiger partial charge in [0.25, 0.3) is 0 Å². The van der Waals surface area contributed by atoms with Gasteiger partial charge in [0.05, 0.1) is 5.84 Å². The highest BCUT2D eigenvalue weighted by atomic mass is 15.2. The van der Waals surface area contributed by atoms with Gasteiger partial charge in [-0.15, -0.1) is 0 Å². The third-order valence-electron chi connectivity index (χ3n) is 5.45. The number of nitrogens with zero attached hydrogens (tertiary/aromatic N) is 1. The molecule has 0 aromatic rings. The van der Waals surface area contributed by atoms with Gasteiger partial charge in [0.2, 0.25) is 0 Å². The van der Waals surface area contributed by atoms with Gasteiger partial charge in [0.15, 0.2) is 0 Å². The maximum Gasteiger partial charge on any atom is 0.0983 e. The second-order valence-corrected chi connectivity index (χ2v) is 8.48. The zero-order chi connectivity index (χ0) is 19.5. The summed E-state index contributed by atoms with van der Waals surface area (Å²) in [5.41, 5.74) is 0. The fraction of sp³-hybridized carbons (Fsp3) is 0.958. The van der Waals surface area contributed by atoms with Gasteiger partial charge in [-0.3, -0.25) is 5.41 Å². The van der Waals surface area contributed by atoms with Crippen molar-refractivity contribution in [1.82, 2.24) is 4.90 Å². The van der Waals surface area contributed by atoms with E-state index in [2.05, 4.69) is 32.6 Å². The Kier molecular flexibility index (Phi) is 18.8. The van der Waals surface area contributed by atoms with Crippen LogP contribution in [0.25, 0.3) is 0 Å². The molecule has 0 amide bonds. The Balaban J connectivity index is 3.76. The lowest BCUT2D eigenvalue weighted by Gasteiger charge is -2.27. The van der Waals surface area contributed by atoms with Gasteiger partial charge in [-0.2, -0.15) is 0 Å². The molecular weight excluding hydrogens is 316 g/mol. The van der Waals surface area contributed by atoms with Gasteiger partial charge >= 0.3 is 0 Å². The van der Waals surface area contributed by atoms with Gasteiger partial charge in [0, 0.05) is 19.0 Å². The molecule has 0 unspecified atom stereocenters. The molecule has 0 aliphatic heterocycles. The van der Waals surface area contributed by atoms with E-state index in [1.165, 1.54) is 103 Å². The molecule has 0 radical (unpaired) electrons. The lowest BCUT2D eigenvalue weighted by molar-refractivity contribution is 0.367. The first-order valence-electron chi connectivity index (χ1n) is 12.0. The van der Waals surface area contributed by atoms with E-state index in [4.69, 9.17) is 5.41 Å². The van der Waals surface area contributed by atoms with Crippen LogP contribution in [0.5, 0.6) is 0 Å². The van der Waals surface area contributed by atoms with Crippen molar-refractivity contribution in [2.45, 2.75) is 130 Å². The van der Waals surface area contributed by atoms with E-state index in [1.54, 1.807) is 0 Å². The molecule has 1 N–H and O–H groups in total. The summed E-state index contributed by atoms with van der Waals surface area (Å²) < 4.78 is 0. The van der Waals surface area contributed by atoms with Crippen molar-refractivity contribution < 1.29 is 0 Å². The summed E-state index contributed by atoms with van der Waals surface area (Å²) >= 11 is 0. The number of hydrogen-bond acceptors (Lipinski definition) is 1. The fourth-order valence-corrected chi connectivity index (χ4v) is 3.59. The standard InChI is InChI=1S/C24H50N2/c1-5-7-9-11-13-14-15-16-18-20-22-26(24(25)23(3)4)21-19-17-12-10-8-6-2/h23,25H,5-22H2,1-4H3. The first kappa shape index (κ1) is 25.5. The highest BCUT2D eigenvalue weighted by Crippen LogP contribution is 2.13. The molecule has 0 saturated carbocycles. The molecule has 0 heterocycles. The van der Waals surface area contributed by atoms with Crippen LogP contribution in [-0.2, 0) is 0 Å². The highest BCUT2D eigenvalue weighted by molar-refractivity contribution is 5.80. The van der Waals surface area contributed by atoms with Crippen molar-refractivity contribution >= 4 is 5.84 Å². The Bertz CT molecular complexity index is 299. The summed E-state index contributed by atoms with van der Waals surface area (Å²) in [4.78, 5) is 2.37. The minimum absolute atomic E-state index is 0.359. The minimum Gasteiger partial charge on any atom is -0.360 e. The van der Waals surface area contributed by atoms with Crippen molar-refractivity contribution in [2.75, 3.05) is 13.1 Å². The molecule has 0 aliphatic carbocycles. The van der Waals surface area contributed by atoms with E-state index >= 15 is 0 Å². The van der Waals surface area contributed by atoms with E-state index in [9.17, 15) is 0 Å². The van der Waals surface area contributed by atoms with Gasteiger partial charge in [-0.05, 0) is 12.8 Å². The lowest BCUT2D eigenvalue weighted by Crippen LogP contribution is -2.35. The summed E-state index contributed by atoms with van der Waals surface area (Å²) in [5, 5.41) is 8.40. The fourth-order valence-electron chi connectivity index (χ4n) is 3.59. The van der Waals surface area contributed by atoms with Crippen LogP contribution in [0.15, 0.2) is 0 Å².